The van der Waals surface area contributed by atoms with Crippen molar-refractivity contribution in [3.8, 4) is 6.01 Å². The summed E-state index contributed by atoms with van der Waals surface area (Å²) in [6, 6.07) is 6.73. The maximum atomic E-state index is 14.0. The molecule has 6 rings (SSSR count). The van der Waals surface area contributed by atoms with Crippen molar-refractivity contribution >= 4 is 28.3 Å². The largest absolute Gasteiger partial charge is 0.464 e. The Morgan fingerprint density at radius 3 is 2.46 bits per heavy atom. The molecule has 0 saturated carbocycles. The second kappa shape index (κ2) is 10.9. The molecule has 0 atom stereocenters. The van der Waals surface area contributed by atoms with Gasteiger partial charge in [0, 0.05) is 56.5 Å². The summed E-state index contributed by atoms with van der Waals surface area (Å²) in [6.07, 6.45) is 2.43. The van der Waals surface area contributed by atoms with E-state index in [0.29, 0.717) is 62.6 Å². The number of carbonyl (C=O) groups excluding carboxylic acids is 1. The Balaban J connectivity index is 1.20. The highest BCUT2D eigenvalue weighted by atomic mass is 19.4. The fourth-order valence-corrected chi connectivity index (χ4v) is 5.57. The number of nitrogens with zero attached hydrogens (tertiary/aromatic N) is 8. The molecule has 1 fully saturated rings. The second-order valence-electron chi connectivity index (χ2n) is 10.0. The molecule has 2 aliphatic heterocycles. The van der Waals surface area contributed by atoms with Gasteiger partial charge < -0.3 is 19.4 Å². The van der Waals surface area contributed by atoms with Gasteiger partial charge in [0.15, 0.2) is 5.65 Å². The molecule has 5 heterocycles. The average molecular weight is 567 g/mol. The van der Waals surface area contributed by atoms with Crippen molar-refractivity contribution in [2.24, 2.45) is 0 Å². The Morgan fingerprint density at radius 2 is 1.73 bits per heavy atom. The van der Waals surface area contributed by atoms with Crippen molar-refractivity contribution in [2.75, 3.05) is 49.1 Å². The summed E-state index contributed by atoms with van der Waals surface area (Å²) in [6.45, 7) is 5.00. The third kappa shape index (κ3) is 5.35. The minimum atomic E-state index is -4.44. The number of rotatable bonds is 6. The highest BCUT2D eigenvalue weighted by Gasteiger charge is 2.37. The van der Waals surface area contributed by atoms with Gasteiger partial charge in [-0.1, -0.05) is 0 Å². The number of benzene rings is 1. The third-order valence-corrected chi connectivity index (χ3v) is 7.60. The van der Waals surface area contributed by atoms with Crippen LogP contribution >= 0.6 is 0 Å². The van der Waals surface area contributed by atoms with E-state index >= 15 is 0 Å². The van der Waals surface area contributed by atoms with E-state index in [4.69, 9.17) is 4.74 Å². The SMILES string of the molecule is CCOc1ncc(N2CCc3c(C(F)(F)F)ccc(N4CCN(C(=O)Cn5ncc6cccnc65)CC4)c3C2)cn1. The number of pyridine rings is 1. The molecule has 10 nitrogen and oxygen atoms in total. The van der Waals surface area contributed by atoms with Crippen molar-refractivity contribution in [1.29, 1.82) is 0 Å². The predicted molar refractivity (Wildman–Crippen MR) is 146 cm³/mol. The molecular formula is C28H29F3N8O2. The number of hydrogen-bond donors (Lipinski definition) is 0. The molecule has 0 bridgehead atoms. The van der Waals surface area contributed by atoms with Crippen LogP contribution in [-0.2, 0) is 30.5 Å². The van der Waals surface area contributed by atoms with Crippen molar-refractivity contribution in [1.82, 2.24) is 29.6 Å². The molecule has 0 N–H and O–H groups in total. The molecule has 0 spiro atoms. The lowest BCUT2D eigenvalue weighted by Crippen LogP contribution is -2.50. The lowest BCUT2D eigenvalue weighted by atomic mass is 9.91. The van der Waals surface area contributed by atoms with Gasteiger partial charge in [-0.25, -0.2) is 19.6 Å². The summed E-state index contributed by atoms with van der Waals surface area (Å²) in [5.74, 6) is -0.0728. The maximum Gasteiger partial charge on any atom is 0.416 e. The van der Waals surface area contributed by atoms with Crippen LogP contribution in [0.4, 0.5) is 24.5 Å². The van der Waals surface area contributed by atoms with Crippen molar-refractivity contribution in [3.63, 3.8) is 0 Å². The average Bonchev–Trinajstić information content (AvgIpc) is 3.39. The number of fused-ring (bicyclic) bond motifs is 2. The lowest BCUT2D eigenvalue weighted by molar-refractivity contribution is -0.138. The first-order valence-electron chi connectivity index (χ1n) is 13.5. The van der Waals surface area contributed by atoms with Crippen LogP contribution in [0.3, 0.4) is 0 Å². The van der Waals surface area contributed by atoms with Crippen LogP contribution in [0.15, 0.2) is 49.1 Å². The molecule has 1 saturated heterocycles. The van der Waals surface area contributed by atoms with Gasteiger partial charge in [0.1, 0.15) is 6.54 Å². The van der Waals surface area contributed by atoms with Crippen molar-refractivity contribution < 1.29 is 22.7 Å². The standard InChI is InChI=1S/C28H29F3N8O2/c1-2-41-27-33-15-20(16-34-27)38-9-7-21-22(17-38)24(6-5-23(21)28(29,30)31)36-10-12-37(13-11-36)25(40)18-39-26-19(14-35-39)4-3-8-32-26/h3-6,8,14-16H,2,7,9-13,17-18H2,1H3. The number of amides is 1. The van der Waals surface area contributed by atoms with Gasteiger partial charge in [-0.05, 0) is 48.7 Å². The molecule has 13 heteroatoms. The normalized spacial score (nSPS) is 15.8. The van der Waals surface area contributed by atoms with Gasteiger partial charge in [0.25, 0.3) is 0 Å². The molecule has 4 aromatic rings. The number of hydrogen-bond acceptors (Lipinski definition) is 8. The number of anilines is 2. The van der Waals surface area contributed by atoms with Gasteiger partial charge in [0.2, 0.25) is 5.91 Å². The lowest BCUT2D eigenvalue weighted by Gasteiger charge is -2.40. The smallest absolute Gasteiger partial charge is 0.416 e. The summed E-state index contributed by atoms with van der Waals surface area (Å²) >= 11 is 0. The zero-order valence-electron chi connectivity index (χ0n) is 22.5. The first kappa shape index (κ1) is 26.8. The van der Waals surface area contributed by atoms with Crippen LogP contribution in [0.1, 0.15) is 23.6 Å². The highest BCUT2D eigenvalue weighted by Crippen LogP contribution is 2.40. The van der Waals surface area contributed by atoms with E-state index in [-0.39, 0.29) is 24.9 Å². The number of carbonyl (C=O) groups is 1. The van der Waals surface area contributed by atoms with Crippen molar-refractivity contribution in [2.45, 2.75) is 32.6 Å². The monoisotopic (exact) mass is 566 g/mol. The van der Waals surface area contributed by atoms with Crippen LogP contribution < -0.4 is 14.5 Å². The summed E-state index contributed by atoms with van der Waals surface area (Å²) < 4.78 is 48.8. The molecule has 214 valence electrons. The van der Waals surface area contributed by atoms with E-state index in [1.807, 2.05) is 24.0 Å². The molecule has 0 unspecified atom stereocenters. The minimum absolute atomic E-state index is 0.0728. The zero-order valence-corrected chi connectivity index (χ0v) is 22.5. The Labute approximate surface area is 234 Å². The number of piperazine rings is 1. The first-order chi connectivity index (χ1) is 19.8. The van der Waals surface area contributed by atoms with Crippen LogP contribution in [-0.4, -0.2) is 74.9 Å². The maximum absolute atomic E-state index is 14.0. The fraction of sp³-hybridized carbons (Fsp3) is 0.393. The Morgan fingerprint density at radius 1 is 0.951 bits per heavy atom. The summed E-state index contributed by atoms with van der Waals surface area (Å²) in [4.78, 5) is 31.7. The topological polar surface area (TPSA) is 92.5 Å². The van der Waals surface area contributed by atoms with E-state index < -0.39 is 11.7 Å². The zero-order chi connectivity index (χ0) is 28.6. The quantitative estimate of drug-likeness (QED) is 0.350. The summed E-state index contributed by atoms with van der Waals surface area (Å²) in [7, 11) is 0. The summed E-state index contributed by atoms with van der Waals surface area (Å²) in [5, 5.41) is 5.16. The minimum Gasteiger partial charge on any atom is -0.464 e. The van der Waals surface area contributed by atoms with Crippen LogP contribution in [0, 0.1) is 0 Å². The fourth-order valence-electron chi connectivity index (χ4n) is 5.57. The molecule has 0 aliphatic carbocycles. The molecule has 0 radical (unpaired) electrons. The molecule has 41 heavy (non-hydrogen) atoms. The van der Waals surface area contributed by atoms with Gasteiger partial charge in [-0.15, -0.1) is 0 Å². The van der Waals surface area contributed by atoms with Gasteiger partial charge >= 0.3 is 12.2 Å². The summed E-state index contributed by atoms with van der Waals surface area (Å²) in [5.41, 5.74) is 2.52. The van der Waals surface area contributed by atoms with E-state index in [1.54, 1.807) is 40.4 Å². The van der Waals surface area contributed by atoms with E-state index in [2.05, 4.69) is 25.0 Å². The van der Waals surface area contributed by atoms with E-state index in [1.165, 1.54) is 6.07 Å². The van der Waals surface area contributed by atoms with Crippen molar-refractivity contribution in [3.05, 3.63) is 65.7 Å². The first-order valence-corrected chi connectivity index (χ1v) is 13.5. The molecule has 2 aliphatic rings. The Bertz CT molecular complexity index is 1550. The number of halogens is 3. The molecule has 1 aromatic carbocycles. The van der Waals surface area contributed by atoms with Gasteiger partial charge in [-0.3, -0.25) is 4.79 Å². The predicted octanol–water partition coefficient (Wildman–Crippen LogP) is 3.55. The molecular weight excluding hydrogens is 537 g/mol. The number of aromatic nitrogens is 5. The Kier molecular flexibility index (Phi) is 7.10. The second-order valence-corrected chi connectivity index (χ2v) is 10.0. The van der Waals surface area contributed by atoms with E-state index in [0.717, 1.165) is 16.8 Å². The highest BCUT2D eigenvalue weighted by molar-refractivity contribution is 5.80. The number of alkyl halides is 3. The van der Waals surface area contributed by atoms with E-state index in [9.17, 15) is 18.0 Å². The number of ether oxygens (including phenoxy) is 1. The van der Waals surface area contributed by atoms with Crippen LogP contribution in [0.25, 0.3) is 11.0 Å². The molecule has 3 aromatic heterocycles. The Hall–Kier alpha value is -4.42. The third-order valence-electron chi connectivity index (χ3n) is 7.60. The molecule has 1 amide bonds. The van der Waals surface area contributed by atoms with Crippen LogP contribution in [0.5, 0.6) is 6.01 Å². The van der Waals surface area contributed by atoms with Gasteiger partial charge in [0.05, 0.1) is 36.4 Å². The van der Waals surface area contributed by atoms with Gasteiger partial charge in [-0.2, -0.15) is 18.3 Å². The van der Waals surface area contributed by atoms with Crippen LogP contribution in [0.2, 0.25) is 0 Å².